The number of rotatable bonds is 9. The molecular weight excluding hydrogens is 358 g/mol. The van der Waals surface area contributed by atoms with Crippen LogP contribution in [0.2, 0.25) is 0 Å². The van der Waals surface area contributed by atoms with E-state index in [9.17, 15) is 9.59 Å². The van der Waals surface area contributed by atoms with Gasteiger partial charge < -0.3 is 25.8 Å². The van der Waals surface area contributed by atoms with Gasteiger partial charge in [0.25, 0.3) is 0 Å². The first kappa shape index (κ1) is 20.8. The molecule has 4 N–H and O–H groups in total. The Labute approximate surface area is 164 Å². The van der Waals surface area contributed by atoms with Crippen LogP contribution in [0.5, 0.6) is 11.5 Å². The second-order valence-electron chi connectivity index (χ2n) is 6.00. The number of unbranched alkanes of at least 4 members (excludes halogenated alkanes) is 1. The predicted octanol–water partition coefficient (Wildman–Crippen LogP) is 4.02. The largest absolute Gasteiger partial charge is 0.493 e. The van der Waals surface area contributed by atoms with E-state index in [1.807, 2.05) is 18.2 Å². The lowest BCUT2D eigenvalue weighted by atomic mass is 10.2. The van der Waals surface area contributed by atoms with Crippen LogP contribution in [0.4, 0.5) is 16.2 Å². The summed E-state index contributed by atoms with van der Waals surface area (Å²) in [7, 11) is 1.58. The number of ether oxygens (including phenoxy) is 2. The van der Waals surface area contributed by atoms with Crippen LogP contribution < -0.4 is 25.8 Å². The molecule has 7 nitrogen and oxygen atoms in total. The molecule has 2 aromatic carbocycles. The minimum absolute atomic E-state index is 0.307. The van der Waals surface area contributed by atoms with Gasteiger partial charge >= 0.3 is 6.03 Å². The summed E-state index contributed by atoms with van der Waals surface area (Å²) in [6, 6.07) is 11.5. The highest BCUT2D eigenvalue weighted by atomic mass is 16.5. The van der Waals surface area contributed by atoms with Crippen LogP contribution in [0.15, 0.2) is 48.5 Å². The molecule has 2 rings (SSSR count). The first-order valence-electron chi connectivity index (χ1n) is 8.98. The van der Waals surface area contributed by atoms with Gasteiger partial charge in [0.05, 0.1) is 13.7 Å². The summed E-state index contributed by atoms with van der Waals surface area (Å²) in [6.07, 6.45) is 5.13. The molecule has 3 amide bonds. The highest BCUT2D eigenvalue weighted by Crippen LogP contribution is 2.28. The Morgan fingerprint density at radius 3 is 2.50 bits per heavy atom. The molecule has 0 aliphatic carbocycles. The number of hydrogen-bond acceptors (Lipinski definition) is 4. The summed E-state index contributed by atoms with van der Waals surface area (Å²) in [5.74, 6) is 0.985. The quantitative estimate of drug-likeness (QED) is 0.449. The number of benzene rings is 2. The summed E-state index contributed by atoms with van der Waals surface area (Å²) in [4.78, 5) is 23.1. The van der Waals surface area contributed by atoms with Crippen molar-refractivity contribution in [1.29, 1.82) is 0 Å². The van der Waals surface area contributed by atoms with Gasteiger partial charge in [-0.3, -0.25) is 4.79 Å². The lowest BCUT2D eigenvalue weighted by Gasteiger charge is -2.11. The fourth-order valence-electron chi connectivity index (χ4n) is 2.41. The zero-order valence-electron chi connectivity index (χ0n) is 16.0. The minimum Gasteiger partial charge on any atom is -0.493 e. The van der Waals surface area contributed by atoms with Crippen LogP contribution in [-0.2, 0) is 4.79 Å². The number of hydrogen-bond donors (Lipinski definition) is 3. The Bertz CT molecular complexity index is 849. The van der Waals surface area contributed by atoms with E-state index in [0.717, 1.165) is 18.4 Å². The third kappa shape index (κ3) is 6.68. The normalized spacial score (nSPS) is 10.5. The molecule has 0 aliphatic heterocycles. The first-order chi connectivity index (χ1) is 13.5. The van der Waals surface area contributed by atoms with E-state index in [1.165, 1.54) is 6.08 Å². The second kappa shape index (κ2) is 10.6. The van der Waals surface area contributed by atoms with Crippen molar-refractivity contribution in [3.63, 3.8) is 0 Å². The molecule has 0 saturated carbocycles. The van der Waals surface area contributed by atoms with Crippen molar-refractivity contribution in [3.8, 4) is 11.5 Å². The second-order valence-corrected chi connectivity index (χ2v) is 6.00. The van der Waals surface area contributed by atoms with Crippen LogP contribution in [0.25, 0.3) is 6.08 Å². The molecule has 0 spiro atoms. The van der Waals surface area contributed by atoms with E-state index in [4.69, 9.17) is 15.2 Å². The number of nitrogens with one attached hydrogen (secondary N) is 2. The zero-order valence-corrected chi connectivity index (χ0v) is 16.0. The fourth-order valence-corrected chi connectivity index (χ4v) is 2.41. The van der Waals surface area contributed by atoms with E-state index >= 15 is 0 Å². The molecule has 0 aliphatic rings. The molecule has 0 heterocycles. The van der Waals surface area contributed by atoms with Crippen LogP contribution >= 0.6 is 0 Å². The zero-order chi connectivity index (χ0) is 20.4. The molecule has 7 heteroatoms. The molecule has 0 bridgehead atoms. The van der Waals surface area contributed by atoms with Gasteiger partial charge in [-0.15, -0.1) is 0 Å². The lowest BCUT2D eigenvalue weighted by Crippen LogP contribution is -2.19. The van der Waals surface area contributed by atoms with E-state index in [2.05, 4.69) is 17.6 Å². The molecule has 0 unspecified atom stereocenters. The number of urea groups is 1. The molecule has 0 fully saturated rings. The maximum Gasteiger partial charge on any atom is 0.316 e. The third-order valence-electron chi connectivity index (χ3n) is 3.77. The van der Waals surface area contributed by atoms with Crippen molar-refractivity contribution in [3.05, 3.63) is 54.1 Å². The van der Waals surface area contributed by atoms with Gasteiger partial charge in [0, 0.05) is 17.5 Å². The molecule has 0 saturated heterocycles. The number of methoxy groups -OCH3 is 1. The van der Waals surface area contributed by atoms with Crippen molar-refractivity contribution < 1.29 is 19.1 Å². The van der Waals surface area contributed by atoms with E-state index in [0.29, 0.717) is 29.5 Å². The van der Waals surface area contributed by atoms with Crippen molar-refractivity contribution in [2.45, 2.75) is 19.8 Å². The van der Waals surface area contributed by atoms with Crippen molar-refractivity contribution in [1.82, 2.24) is 0 Å². The summed E-state index contributed by atoms with van der Waals surface area (Å²) in [5, 5.41) is 5.18. The Kier molecular flexibility index (Phi) is 7.90. The third-order valence-corrected chi connectivity index (χ3v) is 3.77. The number of nitrogens with two attached hydrogens (primary N) is 1. The molecule has 148 valence electrons. The van der Waals surface area contributed by atoms with Gasteiger partial charge in [0.1, 0.15) is 0 Å². The number of carbonyl (C=O) groups is 2. The number of carbonyl (C=O) groups excluding carboxylic acids is 2. The standard InChI is InChI=1S/C21H25N3O4/c1-3-4-12-28-18-10-8-15(13-19(18)27-2)9-11-20(25)23-16-6-5-7-17(14-16)24-21(22)26/h5-11,13-14H,3-4,12H2,1-2H3,(H,23,25)(H3,22,24,26)/b11-9+. The van der Waals surface area contributed by atoms with Crippen molar-refractivity contribution >= 4 is 29.4 Å². The van der Waals surface area contributed by atoms with Gasteiger partial charge in [-0.25, -0.2) is 4.79 Å². The maximum atomic E-state index is 12.1. The van der Waals surface area contributed by atoms with Crippen molar-refractivity contribution in [2.24, 2.45) is 5.73 Å². The van der Waals surface area contributed by atoms with Gasteiger partial charge in [-0.05, 0) is 48.4 Å². The van der Waals surface area contributed by atoms with Crippen LogP contribution in [0, 0.1) is 0 Å². The number of anilines is 2. The van der Waals surface area contributed by atoms with Crippen LogP contribution in [0.1, 0.15) is 25.3 Å². The van der Waals surface area contributed by atoms with E-state index < -0.39 is 6.03 Å². The maximum absolute atomic E-state index is 12.1. The van der Waals surface area contributed by atoms with Gasteiger partial charge in [-0.2, -0.15) is 0 Å². The number of primary amides is 1. The van der Waals surface area contributed by atoms with Gasteiger partial charge in [0.15, 0.2) is 11.5 Å². The topological polar surface area (TPSA) is 103 Å². The Balaban J connectivity index is 2.00. The molecule has 0 aromatic heterocycles. The molecule has 28 heavy (non-hydrogen) atoms. The molecule has 0 radical (unpaired) electrons. The predicted molar refractivity (Wildman–Crippen MR) is 111 cm³/mol. The highest BCUT2D eigenvalue weighted by molar-refractivity contribution is 6.02. The molecule has 2 aromatic rings. The van der Waals surface area contributed by atoms with E-state index in [-0.39, 0.29) is 5.91 Å². The Morgan fingerprint density at radius 1 is 1.07 bits per heavy atom. The Hall–Kier alpha value is -3.48. The Morgan fingerprint density at radius 2 is 1.82 bits per heavy atom. The lowest BCUT2D eigenvalue weighted by molar-refractivity contribution is -0.111. The average Bonchev–Trinajstić information content (AvgIpc) is 2.67. The van der Waals surface area contributed by atoms with Gasteiger partial charge in [0.2, 0.25) is 5.91 Å². The monoisotopic (exact) mass is 383 g/mol. The number of amides is 3. The molecule has 0 atom stereocenters. The average molecular weight is 383 g/mol. The smallest absolute Gasteiger partial charge is 0.316 e. The van der Waals surface area contributed by atoms with E-state index in [1.54, 1.807) is 37.5 Å². The summed E-state index contributed by atoms with van der Waals surface area (Å²) in [5.41, 5.74) is 6.93. The first-order valence-corrected chi connectivity index (χ1v) is 8.98. The van der Waals surface area contributed by atoms with Gasteiger partial charge in [-0.1, -0.05) is 25.5 Å². The summed E-state index contributed by atoms with van der Waals surface area (Å²) < 4.78 is 11.1. The van der Waals surface area contributed by atoms with Crippen molar-refractivity contribution in [2.75, 3.05) is 24.4 Å². The SMILES string of the molecule is CCCCOc1ccc(/C=C/C(=O)Nc2cccc(NC(N)=O)c2)cc1OC. The summed E-state index contributed by atoms with van der Waals surface area (Å²) in [6.45, 7) is 2.73. The molecular formula is C21H25N3O4. The minimum atomic E-state index is -0.667. The van der Waals surface area contributed by atoms with Crippen LogP contribution in [0.3, 0.4) is 0 Å². The highest BCUT2D eigenvalue weighted by Gasteiger charge is 2.05. The summed E-state index contributed by atoms with van der Waals surface area (Å²) >= 11 is 0. The van der Waals surface area contributed by atoms with Crippen LogP contribution in [-0.4, -0.2) is 25.7 Å². The fraction of sp³-hybridized carbons (Fsp3) is 0.238.